The molecule has 0 N–H and O–H groups in total. The maximum Gasteiger partial charge on any atom is 0.152 e. The van der Waals surface area contributed by atoms with Gasteiger partial charge in [0, 0.05) is 0 Å². The van der Waals surface area contributed by atoms with Crippen molar-refractivity contribution in [1.29, 1.82) is 0 Å². The Labute approximate surface area is 98.3 Å². The second kappa shape index (κ2) is 5.04. The molecular formula is C10H20O4S2. The first-order chi connectivity index (χ1) is 7.26. The van der Waals surface area contributed by atoms with Crippen molar-refractivity contribution in [2.24, 2.45) is 0 Å². The molecule has 4 nitrogen and oxygen atoms in total. The largest absolute Gasteiger partial charge is 0.229 e. The van der Waals surface area contributed by atoms with Crippen LogP contribution in [0.4, 0.5) is 0 Å². The molecule has 2 unspecified atom stereocenters. The molecule has 0 saturated carbocycles. The van der Waals surface area contributed by atoms with Crippen molar-refractivity contribution in [1.82, 2.24) is 0 Å². The van der Waals surface area contributed by atoms with Gasteiger partial charge in [0.05, 0.1) is 22.0 Å². The van der Waals surface area contributed by atoms with Crippen molar-refractivity contribution in [3.05, 3.63) is 0 Å². The van der Waals surface area contributed by atoms with E-state index in [0.717, 1.165) is 25.7 Å². The average molecular weight is 268 g/mol. The standard InChI is InChI=1S/2C5H10O2S/c2*1-5-3-2-4-8(5,6)7/h2*5H,2-4H2,1H3. The van der Waals surface area contributed by atoms with Gasteiger partial charge in [-0.25, -0.2) is 16.8 Å². The maximum absolute atomic E-state index is 10.8. The molecule has 0 spiro atoms. The van der Waals surface area contributed by atoms with Gasteiger partial charge in [-0.15, -0.1) is 0 Å². The van der Waals surface area contributed by atoms with E-state index in [1.807, 2.05) is 0 Å². The summed E-state index contributed by atoms with van der Waals surface area (Å²) in [7, 11) is -5.25. The summed E-state index contributed by atoms with van der Waals surface area (Å²) in [5, 5.41) is -0.134. The summed E-state index contributed by atoms with van der Waals surface area (Å²) in [5.74, 6) is 0.822. The fraction of sp³-hybridized carbons (Fsp3) is 1.00. The van der Waals surface area contributed by atoms with Crippen molar-refractivity contribution in [2.45, 2.75) is 50.0 Å². The molecule has 2 aliphatic rings. The smallest absolute Gasteiger partial charge is 0.152 e. The third kappa shape index (κ3) is 3.45. The summed E-state index contributed by atoms with van der Waals surface area (Å²) < 4.78 is 43.0. The van der Waals surface area contributed by atoms with Crippen molar-refractivity contribution in [3.8, 4) is 0 Å². The van der Waals surface area contributed by atoms with Crippen molar-refractivity contribution < 1.29 is 16.8 Å². The van der Waals surface area contributed by atoms with Crippen LogP contribution in [0, 0.1) is 0 Å². The summed E-state index contributed by atoms with van der Waals surface area (Å²) in [6.45, 7) is 3.56. The average Bonchev–Trinajstić information content (AvgIpc) is 2.60. The number of rotatable bonds is 0. The van der Waals surface area contributed by atoms with Gasteiger partial charge >= 0.3 is 0 Å². The van der Waals surface area contributed by atoms with E-state index in [1.165, 1.54) is 0 Å². The molecule has 16 heavy (non-hydrogen) atoms. The highest BCUT2D eigenvalue weighted by Crippen LogP contribution is 2.18. The van der Waals surface area contributed by atoms with E-state index in [9.17, 15) is 16.8 Å². The number of hydrogen-bond donors (Lipinski definition) is 0. The molecule has 0 aromatic carbocycles. The molecule has 0 aromatic rings. The SMILES string of the molecule is CC1CCCS1(=O)=O.CC1CCCS1(=O)=O. The maximum atomic E-state index is 10.8. The van der Waals surface area contributed by atoms with E-state index in [4.69, 9.17) is 0 Å². The molecule has 2 aliphatic heterocycles. The number of sulfone groups is 2. The van der Waals surface area contributed by atoms with Crippen LogP contribution in [0.25, 0.3) is 0 Å². The van der Waals surface area contributed by atoms with E-state index < -0.39 is 19.7 Å². The predicted octanol–water partition coefficient (Wildman–Crippen LogP) is 1.17. The predicted molar refractivity (Wildman–Crippen MR) is 65.0 cm³/mol. The van der Waals surface area contributed by atoms with Crippen LogP contribution in [0.15, 0.2) is 0 Å². The zero-order valence-electron chi connectivity index (χ0n) is 9.85. The second-order valence-electron chi connectivity index (χ2n) is 4.64. The lowest BCUT2D eigenvalue weighted by Crippen LogP contribution is -2.10. The summed E-state index contributed by atoms with van der Waals surface area (Å²) in [4.78, 5) is 0. The Kier molecular flexibility index (Phi) is 4.40. The lowest BCUT2D eigenvalue weighted by atomic mass is 10.3. The summed E-state index contributed by atoms with van der Waals surface area (Å²) >= 11 is 0. The fourth-order valence-corrected chi connectivity index (χ4v) is 4.90. The lowest BCUT2D eigenvalue weighted by Gasteiger charge is -1.96. The highest BCUT2D eigenvalue weighted by Gasteiger charge is 2.26. The topological polar surface area (TPSA) is 68.3 Å². The molecule has 2 heterocycles. The van der Waals surface area contributed by atoms with Crippen LogP contribution in [-0.4, -0.2) is 38.8 Å². The summed E-state index contributed by atoms with van der Waals surface area (Å²) in [5.41, 5.74) is 0. The molecule has 0 aromatic heterocycles. The Morgan fingerprint density at radius 2 is 1.06 bits per heavy atom. The third-order valence-corrected chi connectivity index (χ3v) is 7.94. The van der Waals surface area contributed by atoms with Crippen molar-refractivity contribution >= 4 is 19.7 Å². The van der Waals surface area contributed by atoms with Crippen LogP contribution >= 0.6 is 0 Å². The van der Waals surface area contributed by atoms with Gasteiger partial charge in [0.25, 0.3) is 0 Å². The van der Waals surface area contributed by atoms with Gasteiger partial charge in [-0.3, -0.25) is 0 Å². The molecule has 6 heteroatoms. The molecule has 96 valence electrons. The van der Waals surface area contributed by atoms with Gasteiger partial charge < -0.3 is 0 Å². The Morgan fingerprint density at radius 1 is 0.750 bits per heavy atom. The third-order valence-electron chi connectivity index (χ3n) is 3.31. The minimum atomic E-state index is -2.62. The van der Waals surface area contributed by atoms with Gasteiger partial charge in [-0.1, -0.05) is 0 Å². The zero-order chi connectivity index (χ0) is 12.4. The second-order valence-corrected chi connectivity index (χ2v) is 9.72. The number of hydrogen-bond acceptors (Lipinski definition) is 4. The van der Waals surface area contributed by atoms with E-state index in [0.29, 0.717) is 11.5 Å². The van der Waals surface area contributed by atoms with Gasteiger partial charge in [0.15, 0.2) is 19.7 Å². The monoisotopic (exact) mass is 268 g/mol. The Bertz CT molecular complexity index is 380. The normalized spacial score (nSPS) is 35.4. The Balaban J connectivity index is 0.000000160. The van der Waals surface area contributed by atoms with Crippen molar-refractivity contribution in [3.63, 3.8) is 0 Å². The van der Waals surface area contributed by atoms with Gasteiger partial charge in [-0.2, -0.15) is 0 Å². The first-order valence-corrected chi connectivity index (χ1v) is 9.12. The van der Waals surface area contributed by atoms with E-state index in [2.05, 4.69) is 0 Å². The zero-order valence-corrected chi connectivity index (χ0v) is 11.5. The molecule has 2 rings (SSSR count). The minimum absolute atomic E-state index is 0.0671. The summed E-state index contributed by atoms with van der Waals surface area (Å²) in [6, 6.07) is 0. The van der Waals surface area contributed by atoms with Crippen LogP contribution in [0.2, 0.25) is 0 Å². The van der Waals surface area contributed by atoms with E-state index in [1.54, 1.807) is 13.8 Å². The molecule has 2 fully saturated rings. The molecular weight excluding hydrogens is 248 g/mol. The van der Waals surface area contributed by atoms with Crippen LogP contribution < -0.4 is 0 Å². The quantitative estimate of drug-likeness (QED) is 0.661. The minimum Gasteiger partial charge on any atom is -0.229 e. The van der Waals surface area contributed by atoms with Gasteiger partial charge in [-0.05, 0) is 39.5 Å². The molecule has 0 bridgehead atoms. The molecule has 0 aliphatic carbocycles. The van der Waals surface area contributed by atoms with E-state index in [-0.39, 0.29) is 10.5 Å². The van der Waals surface area contributed by atoms with Gasteiger partial charge in [0.2, 0.25) is 0 Å². The molecule has 2 saturated heterocycles. The Hall–Kier alpha value is -0.100. The van der Waals surface area contributed by atoms with Crippen LogP contribution in [-0.2, 0) is 19.7 Å². The van der Waals surface area contributed by atoms with Crippen LogP contribution in [0.5, 0.6) is 0 Å². The van der Waals surface area contributed by atoms with Crippen LogP contribution in [0.1, 0.15) is 39.5 Å². The fourth-order valence-electron chi connectivity index (χ4n) is 1.91. The van der Waals surface area contributed by atoms with Crippen LogP contribution in [0.3, 0.4) is 0 Å². The highest BCUT2D eigenvalue weighted by atomic mass is 32.2. The van der Waals surface area contributed by atoms with Crippen molar-refractivity contribution in [2.75, 3.05) is 11.5 Å². The first kappa shape index (κ1) is 14.0. The molecule has 2 atom stereocenters. The lowest BCUT2D eigenvalue weighted by molar-refractivity contribution is 0.592. The first-order valence-electron chi connectivity index (χ1n) is 5.69. The highest BCUT2D eigenvalue weighted by molar-refractivity contribution is 7.92. The Morgan fingerprint density at radius 3 is 1.12 bits per heavy atom. The van der Waals surface area contributed by atoms with Gasteiger partial charge in [0.1, 0.15) is 0 Å². The summed E-state index contributed by atoms with van der Waals surface area (Å²) in [6.07, 6.45) is 3.46. The van der Waals surface area contributed by atoms with E-state index >= 15 is 0 Å². The molecule has 0 amide bonds. The molecule has 0 radical (unpaired) electrons.